The lowest BCUT2D eigenvalue weighted by Gasteiger charge is -2.12. The molecule has 0 atom stereocenters. The van der Waals surface area contributed by atoms with Crippen LogP contribution in [0, 0.1) is 0 Å². The number of rotatable bonds is 0. The van der Waals surface area contributed by atoms with Gasteiger partial charge in [0, 0.05) is 33.4 Å². The van der Waals surface area contributed by atoms with Crippen LogP contribution in [-0.2, 0) is 38.5 Å². The number of aryl methyl sites for hydroxylation is 6. The van der Waals surface area contributed by atoms with E-state index in [1.54, 1.807) is 0 Å². The lowest BCUT2D eigenvalue weighted by molar-refractivity contribution is 0.957. The third-order valence-electron chi connectivity index (χ3n) is 10.7. The molecule has 29 heterocycles. The van der Waals surface area contributed by atoms with Gasteiger partial charge >= 0.3 is 0 Å². The predicted octanol–water partition coefficient (Wildman–Crippen LogP) is 10.0. The van der Waals surface area contributed by atoms with Gasteiger partial charge in [0.15, 0.2) is 34.9 Å². The third kappa shape index (κ3) is 6.59. The highest BCUT2D eigenvalue weighted by atomic mass is 15.0. The van der Waals surface area contributed by atoms with Gasteiger partial charge < -0.3 is 0 Å². The van der Waals surface area contributed by atoms with Crippen LogP contribution in [0.25, 0.3) is 68.3 Å². The molecule has 0 saturated carbocycles. The van der Waals surface area contributed by atoms with Crippen LogP contribution in [-0.4, -0.2) is 29.9 Å². The number of benzene rings is 6. The Labute approximate surface area is 314 Å². The molecule has 0 amide bonds. The van der Waals surface area contributed by atoms with E-state index in [4.69, 9.17) is 29.9 Å². The fraction of sp³-hybridized carbons (Fsp3) is 0.125. The second-order valence-corrected chi connectivity index (χ2v) is 14.3. The lowest BCUT2D eigenvalue weighted by atomic mass is 10.0. The van der Waals surface area contributed by atoms with Crippen LogP contribution in [0.4, 0.5) is 0 Å². The Kier molecular flexibility index (Phi) is 8.13. The van der Waals surface area contributed by atoms with Gasteiger partial charge in [0.2, 0.25) is 0 Å². The van der Waals surface area contributed by atoms with Crippen molar-refractivity contribution in [3.63, 3.8) is 0 Å². The van der Waals surface area contributed by atoms with Gasteiger partial charge in [-0.3, -0.25) is 0 Å². The first-order chi connectivity index (χ1) is 26.6. The summed E-state index contributed by atoms with van der Waals surface area (Å²) in [6.45, 7) is 0. The summed E-state index contributed by atoms with van der Waals surface area (Å²) < 4.78 is 0. The maximum Gasteiger partial charge on any atom is 0.164 e. The van der Waals surface area contributed by atoms with Gasteiger partial charge in [0.1, 0.15) is 0 Å². The Balaban J connectivity index is 1.15. The number of hydrogen-bond donors (Lipinski definition) is 0. The zero-order valence-corrected chi connectivity index (χ0v) is 29.8. The van der Waals surface area contributed by atoms with Crippen LogP contribution in [0.1, 0.15) is 33.4 Å². The molecule has 27 aliphatic heterocycles. The van der Waals surface area contributed by atoms with E-state index in [1.807, 2.05) is 0 Å². The highest BCUT2D eigenvalue weighted by Gasteiger charge is 2.16. The van der Waals surface area contributed by atoms with Gasteiger partial charge in [-0.15, -0.1) is 0 Å². The molecule has 0 unspecified atom stereocenters. The fourth-order valence-electron chi connectivity index (χ4n) is 7.32. The van der Waals surface area contributed by atoms with E-state index in [1.165, 1.54) is 33.4 Å². The minimum atomic E-state index is 0.671. The molecule has 27 aliphatic rings. The molecule has 6 aromatic carbocycles. The van der Waals surface area contributed by atoms with Crippen molar-refractivity contribution in [2.45, 2.75) is 38.5 Å². The summed E-state index contributed by atoms with van der Waals surface area (Å²) in [6, 6.07) is 51.9. The summed E-state index contributed by atoms with van der Waals surface area (Å²) in [7, 11) is 0. The van der Waals surface area contributed by atoms with Gasteiger partial charge in [-0.05, 0) is 71.9 Å². The zero-order valence-electron chi connectivity index (χ0n) is 29.8. The summed E-state index contributed by atoms with van der Waals surface area (Å²) >= 11 is 0. The Bertz CT molecular complexity index is 2090. The smallest absolute Gasteiger partial charge is 0.164 e. The molecule has 0 fully saturated rings. The maximum atomic E-state index is 5.03. The monoisotopic (exact) mass is 696 g/mol. The molecule has 8 aromatic rings. The summed E-state index contributed by atoms with van der Waals surface area (Å²) in [5.41, 5.74) is 13.4. The molecule has 35 rings (SSSR count). The molecule has 6 nitrogen and oxygen atoms in total. The highest BCUT2D eigenvalue weighted by Crippen LogP contribution is 2.29. The fourth-order valence-corrected chi connectivity index (χ4v) is 7.32. The van der Waals surface area contributed by atoms with E-state index in [-0.39, 0.29) is 0 Å². The van der Waals surface area contributed by atoms with Crippen LogP contribution in [0.5, 0.6) is 0 Å². The van der Waals surface area contributed by atoms with Crippen molar-refractivity contribution in [3.8, 4) is 68.3 Å². The summed E-state index contributed by atoms with van der Waals surface area (Å²) in [6.07, 6.45) is 5.49. The normalized spacial score (nSPS) is 13.1. The summed E-state index contributed by atoms with van der Waals surface area (Å²) in [5, 5.41) is 0. The molecule has 6 heteroatoms. The van der Waals surface area contributed by atoms with E-state index in [9.17, 15) is 0 Å². The van der Waals surface area contributed by atoms with Crippen molar-refractivity contribution in [2.75, 3.05) is 0 Å². The van der Waals surface area contributed by atoms with Crippen LogP contribution in [0.3, 0.4) is 0 Å². The molecule has 0 spiro atoms. The van der Waals surface area contributed by atoms with E-state index in [0.717, 1.165) is 71.9 Å². The Morgan fingerprint density at radius 1 is 0.185 bits per heavy atom. The molecule has 54 heavy (non-hydrogen) atoms. The van der Waals surface area contributed by atoms with Gasteiger partial charge in [0.05, 0.1) is 0 Å². The van der Waals surface area contributed by atoms with Crippen molar-refractivity contribution in [1.82, 2.24) is 29.9 Å². The average Bonchev–Trinajstić information content (AvgIpc) is 3.24. The van der Waals surface area contributed by atoms with Gasteiger partial charge in [-0.25, -0.2) is 29.9 Å². The van der Waals surface area contributed by atoms with Gasteiger partial charge in [-0.1, -0.05) is 146 Å². The van der Waals surface area contributed by atoms with Crippen molar-refractivity contribution < 1.29 is 0 Å². The molecule has 0 radical (unpaired) electrons. The predicted molar refractivity (Wildman–Crippen MR) is 214 cm³/mol. The molecular weight excluding hydrogens is 661 g/mol. The van der Waals surface area contributed by atoms with Crippen LogP contribution < -0.4 is 0 Å². The molecule has 0 N–H and O–H groups in total. The summed E-state index contributed by atoms with van der Waals surface area (Å²) in [5.74, 6) is 4.03. The van der Waals surface area contributed by atoms with Crippen molar-refractivity contribution in [3.05, 3.63) is 179 Å². The molecule has 258 valence electrons. The molecule has 0 saturated heterocycles. The maximum absolute atomic E-state index is 5.03. The quantitative estimate of drug-likeness (QED) is 0.157. The lowest BCUT2D eigenvalue weighted by Crippen LogP contribution is -2.02. The standard InChI is InChI=1S/C48H36N6/c1-2-32-9-21-38(22-10-32)44-51-47-41-27-15-35(16-28-41)5-3-33-11-23-39(24-12-33)45-49-43(37-19-7-31(1)8-20-37)50-46(53-45)40-25-13-34(14-26-40)4-6-36-17-29-42(30-18-36)48(52-44)54-47/h7-30H,1-6H2. The zero-order chi connectivity index (χ0) is 35.8. The molecular formula is C48H36N6. The van der Waals surface area contributed by atoms with Crippen molar-refractivity contribution in [1.29, 1.82) is 0 Å². The molecule has 18 bridgehead atoms. The van der Waals surface area contributed by atoms with E-state index in [2.05, 4.69) is 146 Å². The van der Waals surface area contributed by atoms with Crippen LogP contribution >= 0.6 is 0 Å². The van der Waals surface area contributed by atoms with Crippen molar-refractivity contribution >= 4 is 0 Å². The first-order valence-electron chi connectivity index (χ1n) is 18.7. The SMILES string of the molecule is c1cc2ccc1CCc1ccc(cc1)-c1nc3nc(n1)-c1ccc(cc1)CCc1ccc(cc1)-c1nc-2nc(n1)-c1ccc(cc1)CCc1ccc-3cc1. The summed E-state index contributed by atoms with van der Waals surface area (Å²) in [4.78, 5) is 30.2. The first kappa shape index (κ1) is 32.0. The van der Waals surface area contributed by atoms with Gasteiger partial charge in [-0.2, -0.15) is 0 Å². The minimum absolute atomic E-state index is 0.671. The van der Waals surface area contributed by atoms with E-state index < -0.39 is 0 Å². The Hall–Kier alpha value is -6.66. The second kappa shape index (κ2) is 13.7. The molecule has 2 aromatic heterocycles. The van der Waals surface area contributed by atoms with E-state index in [0.29, 0.717) is 34.9 Å². The Morgan fingerprint density at radius 3 is 0.444 bits per heavy atom. The average molecular weight is 697 g/mol. The van der Waals surface area contributed by atoms with E-state index >= 15 is 0 Å². The largest absolute Gasteiger partial charge is 0.208 e. The van der Waals surface area contributed by atoms with Crippen LogP contribution in [0.15, 0.2) is 146 Å². The first-order valence-corrected chi connectivity index (χ1v) is 18.7. The number of nitrogens with zero attached hydrogens (tertiary/aromatic N) is 6. The third-order valence-corrected chi connectivity index (χ3v) is 10.7. The Morgan fingerprint density at radius 2 is 0.315 bits per heavy atom. The second-order valence-electron chi connectivity index (χ2n) is 14.3. The molecule has 0 aliphatic carbocycles. The topological polar surface area (TPSA) is 77.3 Å². The minimum Gasteiger partial charge on any atom is -0.208 e. The van der Waals surface area contributed by atoms with Crippen LogP contribution in [0.2, 0.25) is 0 Å². The van der Waals surface area contributed by atoms with Crippen molar-refractivity contribution in [2.24, 2.45) is 0 Å². The number of hydrogen-bond acceptors (Lipinski definition) is 6. The van der Waals surface area contributed by atoms with Gasteiger partial charge in [0.25, 0.3) is 0 Å². The highest BCUT2D eigenvalue weighted by molar-refractivity contribution is 5.68. The number of aromatic nitrogens is 6.